The molecule has 7 heteroatoms. The number of anilines is 1. The van der Waals surface area contributed by atoms with E-state index in [1.54, 1.807) is 13.3 Å². The van der Waals surface area contributed by atoms with Crippen LogP contribution in [0.4, 0.5) is 5.82 Å². The Labute approximate surface area is 205 Å². The van der Waals surface area contributed by atoms with Crippen LogP contribution in [0.2, 0.25) is 0 Å². The summed E-state index contributed by atoms with van der Waals surface area (Å²) in [4.78, 5) is 26.8. The van der Waals surface area contributed by atoms with Crippen LogP contribution in [0.15, 0.2) is 79.1 Å². The van der Waals surface area contributed by atoms with E-state index in [1.165, 1.54) is 5.56 Å². The number of piperazine rings is 1. The summed E-state index contributed by atoms with van der Waals surface area (Å²) in [6, 6.07) is 22.1. The van der Waals surface area contributed by atoms with Gasteiger partial charge in [0.1, 0.15) is 23.9 Å². The second-order valence-electron chi connectivity index (χ2n) is 8.73. The predicted molar refractivity (Wildman–Crippen MR) is 137 cm³/mol. The van der Waals surface area contributed by atoms with Crippen LogP contribution in [0.25, 0.3) is 22.6 Å². The number of rotatable bonds is 6. The first-order valence-corrected chi connectivity index (χ1v) is 11.8. The average Bonchev–Trinajstić information content (AvgIpc) is 3.33. The van der Waals surface area contributed by atoms with Crippen LogP contribution in [0, 0.1) is 6.92 Å². The van der Waals surface area contributed by atoms with Gasteiger partial charge in [-0.1, -0.05) is 54.1 Å². The van der Waals surface area contributed by atoms with Gasteiger partial charge in [-0.15, -0.1) is 0 Å². The van der Waals surface area contributed by atoms with E-state index in [0.717, 1.165) is 47.3 Å². The highest BCUT2D eigenvalue weighted by molar-refractivity contribution is 5.78. The lowest BCUT2D eigenvalue weighted by Gasteiger charge is -2.35. The Morgan fingerprint density at radius 3 is 2.46 bits per heavy atom. The zero-order valence-corrected chi connectivity index (χ0v) is 20.1. The number of hydrogen-bond acceptors (Lipinski definition) is 5. The van der Waals surface area contributed by atoms with E-state index in [-0.39, 0.29) is 12.5 Å². The van der Waals surface area contributed by atoms with Gasteiger partial charge in [-0.3, -0.25) is 4.79 Å². The second kappa shape index (κ2) is 10.0. The summed E-state index contributed by atoms with van der Waals surface area (Å²) in [5.41, 5.74) is 4.09. The molecule has 1 aliphatic heterocycles. The van der Waals surface area contributed by atoms with Crippen LogP contribution in [0.3, 0.4) is 0 Å². The summed E-state index contributed by atoms with van der Waals surface area (Å²) in [5, 5.41) is 0. The maximum atomic E-state index is 13.3. The van der Waals surface area contributed by atoms with Crippen molar-refractivity contribution in [3.8, 4) is 28.4 Å². The highest BCUT2D eigenvalue weighted by atomic mass is 16.5. The molecule has 1 amide bonds. The van der Waals surface area contributed by atoms with Crippen molar-refractivity contribution in [1.82, 2.24) is 19.4 Å². The number of ether oxygens (including phenoxy) is 1. The van der Waals surface area contributed by atoms with Crippen LogP contribution in [-0.2, 0) is 11.3 Å². The first-order valence-electron chi connectivity index (χ1n) is 11.8. The van der Waals surface area contributed by atoms with Crippen molar-refractivity contribution in [1.29, 1.82) is 0 Å². The van der Waals surface area contributed by atoms with Gasteiger partial charge in [0, 0.05) is 55.8 Å². The number of hydrogen-bond donors (Lipinski definition) is 0. The second-order valence-corrected chi connectivity index (χ2v) is 8.73. The Hall–Kier alpha value is -4.13. The molecule has 4 aromatic rings. The molecule has 1 saturated heterocycles. The molecule has 3 heterocycles. The van der Waals surface area contributed by atoms with Crippen molar-refractivity contribution < 1.29 is 9.53 Å². The topological polar surface area (TPSA) is 63.5 Å². The summed E-state index contributed by atoms with van der Waals surface area (Å²) in [6.45, 7) is 5.09. The van der Waals surface area contributed by atoms with Crippen LogP contribution in [0.1, 0.15) is 5.56 Å². The Kier molecular flexibility index (Phi) is 6.48. The number of methoxy groups -OCH3 is 1. The third-order valence-electron chi connectivity index (χ3n) is 6.34. The van der Waals surface area contributed by atoms with E-state index in [4.69, 9.17) is 9.72 Å². The fraction of sp³-hybridized carbons (Fsp3) is 0.250. The van der Waals surface area contributed by atoms with Crippen molar-refractivity contribution in [2.75, 3.05) is 38.2 Å². The van der Waals surface area contributed by atoms with Crippen LogP contribution in [0.5, 0.6) is 5.75 Å². The molecule has 0 saturated carbocycles. The SMILES string of the molecule is COc1ccnc(N2CCN(C(=O)Cn3cc(-c4cccc(C)c4)nc3-c3ccccc3)CC2)c1. The van der Waals surface area contributed by atoms with Crippen LogP contribution in [-0.4, -0.2) is 58.6 Å². The molecule has 7 nitrogen and oxygen atoms in total. The quantitative estimate of drug-likeness (QED) is 0.424. The van der Waals surface area contributed by atoms with E-state index in [9.17, 15) is 4.79 Å². The molecule has 178 valence electrons. The molecular formula is C28H29N5O2. The third kappa shape index (κ3) is 5.04. The average molecular weight is 468 g/mol. The number of carbonyl (C=O) groups is 1. The predicted octanol–water partition coefficient (Wildman–Crippen LogP) is 4.28. The number of pyridine rings is 1. The molecule has 0 atom stereocenters. The molecule has 0 radical (unpaired) electrons. The Morgan fingerprint density at radius 1 is 0.943 bits per heavy atom. The largest absolute Gasteiger partial charge is 0.497 e. The summed E-state index contributed by atoms with van der Waals surface area (Å²) >= 11 is 0. The zero-order chi connectivity index (χ0) is 24.2. The molecule has 2 aromatic carbocycles. The van der Waals surface area contributed by atoms with Gasteiger partial charge in [0.25, 0.3) is 0 Å². The van der Waals surface area contributed by atoms with E-state index < -0.39 is 0 Å². The lowest BCUT2D eigenvalue weighted by Crippen LogP contribution is -2.49. The summed E-state index contributed by atoms with van der Waals surface area (Å²) < 4.78 is 7.30. The van der Waals surface area contributed by atoms with Gasteiger partial charge in [0.05, 0.1) is 12.8 Å². The van der Waals surface area contributed by atoms with Gasteiger partial charge in [-0.05, 0) is 19.1 Å². The minimum Gasteiger partial charge on any atom is -0.497 e. The van der Waals surface area contributed by atoms with Crippen molar-refractivity contribution in [3.05, 3.63) is 84.7 Å². The highest BCUT2D eigenvalue weighted by Crippen LogP contribution is 2.26. The smallest absolute Gasteiger partial charge is 0.242 e. The minimum atomic E-state index is 0.0913. The summed E-state index contributed by atoms with van der Waals surface area (Å²) in [5.74, 6) is 2.55. The lowest BCUT2D eigenvalue weighted by atomic mass is 10.1. The standard InChI is InChI=1S/C28H29N5O2/c1-21-7-6-10-23(17-21)25-19-33(28(30-25)22-8-4-3-5-9-22)20-27(34)32-15-13-31(14-16-32)26-18-24(35-2)11-12-29-26/h3-12,17-19H,13-16,20H2,1-2H3. The van der Waals surface area contributed by atoms with Gasteiger partial charge >= 0.3 is 0 Å². The van der Waals surface area contributed by atoms with E-state index in [0.29, 0.717) is 13.1 Å². The maximum Gasteiger partial charge on any atom is 0.242 e. The van der Waals surface area contributed by atoms with E-state index >= 15 is 0 Å². The van der Waals surface area contributed by atoms with Crippen molar-refractivity contribution in [2.24, 2.45) is 0 Å². The number of carbonyl (C=O) groups excluding carboxylic acids is 1. The third-order valence-corrected chi connectivity index (χ3v) is 6.34. The number of aryl methyl sites for hydroxylation is 1. The first-order chi connectivity index (χ1) is 17.1. The normalized spacial score (nSPS) is 13.7. The maximum absolute atomic E-state index is 13.3. The minimum absolute atomic E-state index is 0.0913. The molecule has 1 fully saturated rings. The van der Waals surface area contributed by atoms with Gasteiger partial charge < -0.3 is 19.1 Å². The van der Waals surface area contributed by atoms with Gasteiger partial charge in [0.2, 0.25) is 5.91 Å². The van der Waals surface area contributed by atoms with Crippen LogP contribution >= 0.6 is 0 Å². The molecule has 1 aliphatic rings. The Balaban J connectivity index is 1.33. The number of amides is 1. The fourth-order valence-electron chi connectivity index (χ4n) is 4.43. The summed E-state index contributed by atoms with van der Waals surface area (Å²) in [6.07, 6.45) is 3.74. The molecule has 0 bridgehead atoms. The number of benzene rings is 2. The first kappa shape index (κ1) is 22.7. The molecule has 0 spiro atoms. The monoisotopic (exact) mass is 467 g/mol. The summed E-state index contributed by atoms with van der Waals surface area (Å²) in [7, 11) is 1.65. The number of nitrogens with zero attached hydrogens (tertiary/aromatic N) is 5. The molecule has 0 aliphatic carbocycles. The molecule has 0 N–H and O–H groups in total. The van der Waals surface area contributed by atoms with E-state index in [1.807, 2.05) is 64.2 Å². The van der Waals surface area contributed by atoms with Gasteiger partial charge in [-0.25, -0.2) is 9.97 Å². The highest BCUT2D eigenvalue weighted by Gasteiger charge is 2.23. The van der Waals surface area contributed by atoms with Gasteiger partial charge in [-0.2, -0.15) is 0 Å². The van der Waals surface area contributed by atoms with Crippen LogP contribution < -0.4 is 9.64 Å². The number of imidazole rings is 1. The molecule has 35 heavy (non-hydrogen) atoms. The zero-order valence-electron chi connectivity index (χ0n) is 20.1. The van der Waals surface area contributed by atoms with Crippen molar-refractivity contribution in [3.63, 3.8) is 0 Å². The Morgan fingerprint density at radius 2 is 1.71 bits per heavy atom. The molecular weight excluding hydrogens is 438 g/mol. The molecule has 5 rings (SSSR count). The molecule has 0 unspecified atom stereocenters. The van der Waals surface area contributed by atoms with Gasteiger partial charge in [0.15, 0.2) is 0 Å². The lowest BCUT2D eigenvalue weighted by molar-refractivity contribution is -0.132. The van der Waals surface area contributed by atoms with E-state index in [2.05, 4.69) is 35.0 Å². The Bertz CT molecular complexity index is 1310. The van der Waals surface area contributed by atoms with Crippen molar-refractivity contribution >= 4 is 11.7 Å². The molecule has 2 aromatic heterocycles. The number of aromatic nitrogens is 3. The fourth-order valence-corrected chi connectivity index (χ4v) is 4.43. The van der Waals surface area contributed by atoms with Crippen molar-refractivity contribution in [2.45, 2.75) is 13.5 Å².